The highest BCUT2D eigenvalue weighted by Crippen LogP contribution is 2.27. The molecule has 0 heterocycles. The molecule has 0 bridgehead atoms. The minimum Gasteiger partial charge on any atom is -0.317 e. The van der Waals surface area contributed by atoms with Crippen LogP contribution in [0.25, 0.3) is 0 Å². The van der Waals surface area contributed by atoms with Gasteiger partial charge in [-0.1, -0.05) is 12.8 Å². The van der Waals surface area contributed by atoms with Gasteiger partial charge in [0.05, 0.1) is 0 Å². The van der Waals surface area contributed by atoms with Crippen molar-refractivity contribution in [3.05, 3.63) is 0 Å². The zero-order chi connectivity index (χ0) is 8.81. The lowest BCUT2D eigenvalue weighted by molar-refractivity contribution is 0.262. The van der Waals surface area contributed by atoms with E-state index in [2.05, 4.69) is 18.3 Å². The van der Waals surface area contributed by atoms with Crippen molar-refractivity contribution in [1.82, 2.24) is 5.32 Å². The van der Waals surface area contributed by atoms with Crippen molar-refractivity contribution < 1.29 is 0 Å². The first kappa shape index (κ1) is 9.61. The van der Waals surface area contributed by atoms with Gasteiger partial charge in [-0.05, 0) is 32.2 Å². The molecule has 1 aliphatic rings. The first-order valence-electron chi connectivity index (χ1n) is 4.99. The monoisotopic (exact) mass is 165 g/mol. The van der Waals surface area contributed by atoms with E-state index in [4.69, 9.17) is 6.42 Å². The zero-order valence-corrected chi connectivity index (χ0v) is 7.97. The number of terminal acetylenes is 1. The minimum absolute atomic E-state index is 0.729. The SMILES string of the molecule is C#CCCC1CCCCC1NC. The predicted molar refractivity (Wildman–Crippen MR) is 52.9 cm³/mol. The van der Waals surface area contributed by atoms with Crippen molar-refractivity contribution in [1.29, 1.82) is 0 Å². The molecule has 2 unspecified atom stereocenters. The van der Waals surface area contributed by atoms with E-state index >= 15 is 0 Å². The van der Waals surface area contributed by atoms with Crippen LogP contribution in [0.5, 0.6) is 0 Å². The number of hydrogen-bond acceptors (Lipinski definition) is 1. The van der Waals surface area contributed by atoms with Crippen molar-refractivity contribution in [2.45, 2.75) is 44.6 Å². The topological polar surface area (TPSA) is 12.0 Å². The molecule has 1 heteroatoms. The zero-order valence-electron chi connectivity index (χ0n) is 7.97. The lowest BCUT2D eigenvalue weighted by Gasteiger charge is -2.30. The quantitative estimate of drug-likeness (QED) is 0.632. The predicted octanol–water partition coefficient (Wildman–Crippen LogP) is 2.18. The summed E-state index contributed by atoms with van der Waals surface area (Å²) in [7, 11) is 2.07. The minimum atomic E-state index is 0.729. The average Bonchev–Trinajstić information content (AvgIpc) is 2.15. The molecule has 0 spiro atoms. The van der Waals surface area contributed by atoms with Gasteiger partial charge in [0.15, 0.2) is 0 Å². The normalized spacial score (nSPS) is 29.7. The van der Waals surface area contributed by atoms with E-state index in [1.54, 1.807) is 0 Å². The Morgan fingerprint density at radius 1 is 1.42 bits per heavy atom. The third kappa shape index (κ3) is 2.53. The van der Waals surface area contributed by atoms with Crippen LogP contribution in [0.3, 0.4) is 0 Å². The molecule has 1 rings (SSSR count). The summed E-state index contributed by atoms with van der Waals surface area (Å²) in [6, 6.07) is 0.729. The standard InChI is InChI=1S/C11H19N/c1-3-4-7-10-8-5-6-9-11(10)12-2/h1,10-12H,4-9H2,2H3. The fraction of sp³-hybridized carbons (Fsp3) is 0.818. The number of nitrogens with one attached hydrogen (secondary N) is 1. The van der Waals surface area contributed by atoms with Gasteiger partial charge in [-0.15, -0.1) is 12.3 Å². The Morgan fingerprint density at radius 3 is 2.83 bits per heavy atom. The third-order valence-electron chi connectivity index (χ3n) is 2.94. The molecule has 0 aromatic carbocycles. The van der Waals surface area contributed by atoms with E-state index in [1.807, 2.05) is 0 Å². The Balaban J connectivity index is 2.32. The van der Waals surface area contributed by atoms with E-state index in [-0.39, 0.29) is 0 Å². The van der Waals surface area contributed by atoms with Gasteiger partial charge in [0.25, 0.3) is 0 Å². The summed E-state index contributed by atoms with van der Waals surface area (Å²) in [5.41, 5.74) is 0. The van der Waals surface area contributed by atoms with Crippen LogP contribution in [0.1, 0.15) is 38.5 Å². The molecule has 0 aromatic heterocycles. The molecule has 1 N–H and O–H groups in total. The van der Waals surface area contributed by atoms with Gasteiger partial charge in [-0.3, -0.25) is 0 Å². The van der Waals surface area contributed by atoms with Gasteiger partial charge in [-0.2, -0.15) is 0 Å². The molecule has 0 radical (unpaired) electrons. The van der Waals surface area contributed by atoms with Crippen molar-refractivity contribution in [2.24, 2.45) is 5.92 Å². The van der Waals surface area contributed by atoms with Gasteiger partial charge in [0, 0.05) is 12.5 Å². The fourth-order valence-corrected chi connectivity index (χ4v) is 2.20. The largest absolute Gasteiger partial charge is 0.317 e. The molecular weight excluding hydrogens is 146 g/mol. The molecule has 0 aliphatic heterocycles. The second-order valence-electron chi connectivity index (χ2n) is 3.68. The fourth-order valence-electron chi connectivity index (χ4n) is 2.20. The van der Waals surface area contributed by atoms with Crippen LogP contribution in [0.4, 0.5) is 0 Å². The van der Waals surface area contributed by atoms with E-state index in [1.165, 1.54) is 32.1 Å². The molecule has 12 heavy (non-hydrogen) atoms. The molecule has 1 aliphatic carbocycles. The van der Waals surface area contributed by atoms with Crippen LogP contribution in [-0.2, 0) is 0 Å². The second-order valence-corrected chi connectivity index (χ2v) is 3.68. The van der Waals surface area contributed by atoms with Crippen LogP contribution < -0.4 is 5.32 Å². The maximum absolute atomic E-state index is 5.26. The van der Waals surface area contributed by atoms with Gasteiger partial charge >= 0.3 is 0 Å². The third-order valence-corrected chi connectivity index (χ3v) is 2.94. The maximum atomic E-state index is 5.26. The highest BCUT2D eigenvalue weighted by atomic mass is 14.9. The van der Waals surface area contributed by atoms with E-state index in [9.17, 15) is 0 Å². The van der Waals surface area contributed by atoms with Crippen LogP contribution in [0.2, 0.25) is 0 Å². The van der Waals surface area contributed by atoms with Crippen molar-refractivity contribution in [2.75, 3.05) is 7.05 Å². The lowest BCUT2D eigenvalue weighted by Crippen LogP contribution is -2.35. The lowest BCUT2D eigenvalue weighted by atomic mass is 9.82. The summed E-state index contributed by atoms with van der Waals surface area (Å²) >= 11 is 0. The molecule has 2 atom stereocenters. The number of rotatable bonds is 3. The molecule has 1 saturated carbocycles. The molecule has 1 nitrogen and oxygen atoms in total. The molecule has 68 valence electrons. The van der Waals surface area contributed by atoms with Gasteiger partial charge in [-0.25, -0.2) is 0 Å². The summed E-state index contributed by atoms with van der Waals surface area (Å²) < 4.78 is 0. The molecular formula is C11H19N. The van der Waals surface area contributed by atoms with Crippen molar-refractivity contribution >= 4 is 0 Å². The molecule has 0 aromatic rings. The summed E-state index contributed by atoms with van der Waals surface area (Å²) in [6.07, 6.45) is 12.9. The maximum Gasteiger partial charge on any atom is 0.00926 e. The van der Waals surface area contributed by atoms with Crippen LogP contribution >= 0.6 is 0 Å². The second kappa shape index (κ2) is 5.22. The average molecular weight is 165 g/mol. The smallest absolute Gasteiger partial charge is 0.00926 e. The Hall–Kier alpha value is -0.480. The first-order valence-corrected chi connectivity index (χ1v) is 4.99. The summed E-state index contributed by atoms with van der Waals surface area (Å²) in [4.78, 5) is 0. The molecule has 1 fully saturated rings. The summed E-state index contributed by atoms with van der Waals surface area (Å²) in [5, 5.41) is 3.39. The van der Waals surface area contributed by atoms with Gasteiger partial charge in [0.1, 0.15) is 0 Å². The van der Waals surface area contributed by atoms with Crippen LogP contribution in [0.15, 0.2) is 0 Å². The Kier molecular flexibility index (Phi) is 4.18. The highest BCUT2D eigenvalue weighted by Gasteiger charge is 2.22. The summed E-state index contributed by atoms with van der Waals surface area (Å²) in [5.74, 6) is 3.57. The van der Waals surface area contributed by atoms with E-state index in [0.717, 1.165) is 18.4 Å². The first-order chi connectivity index (χ1) is 5.88. The van der Waals surface area contributed by atoms with Crippen molar-refractivity contribution in [3.8, 4) is 12.3 Å². The molecule has 0 amide bonds. The number of hydrogen-bond donors (Lipinski definition) is 1. The Bertz CT molecular complexity index is 157. The molecule has 0 saturated heterocycles. The van der Waals surface area contributed by atoms with E-state index < -0.39 is 0 Å². The Labute approximate surface area is 75.9 Å². The Morgan fingerprint density at radius 2 is 2.17 bits per heavy atom. The summed E-state index contributed by atoms with van der Waals surface area (Å²) in [6.45, 7) is 0. The van der Waals surface area contributed by atoms with Crippen molar-refractivity contribution in [3.63, 3.8) is 0 Å². The van der Waals surface area contributed by atoms with Crippen LogP contribution in [-0.4, -0.2) is 13.1 Å². The van der Waals surface area contributed by atoms with Crippen LogP contribution in [0, 0.1) is 18.3 Å². The highest BCUT2D eigenvalue weighted by molar-refractivity contribution is 4.87. The van der Waals surface area contributed by atoms with Gasteiger partial charge < -0.3 is 5.32 Å². The van der Waals surface area contributed by atoms with Gasteiger partial charge in [0.2, 0.25) is 0 Å². The van der Waals surface area contributed by atoms with E-state index in [0.29, 0.717) is 0 Å².